The van der Waals surface area contributed by atoms with E-state index in [1.807, 2.05) is 16.8 Å². The Labute approximate surface area is 113 Å². The highest BCUT2D eigenvalue weighted by molar-refractivity contribution is 7.07. The summed E-state index contributed by atoms with van der Waals surface area (Å²) in [4.78, 5) is 14.3. The summed E-state index contributed by atoms with van der Waals surface area (Å²) in [5, 5.41) is 26.7. The fourth-order valence-electron chi connectivity index (χ4n) is 1.62. The van der Waals surface area contributed by atoms with Gasteiger partial charge in [0.25, 0.3) is 0 Å². The maximum Gasteiger partial charge on any atom is 0.328 e. The second-order valence-corrected chi connectivity index (χ2v) is 4.51. The van der Waals surface area contributed by atoms with Gasteiger partial charge in [-0.05, 0) is 34.9 Å². The molecule has 0 atom stereocenters. The second kappa shape index (κ2) is 5.93. The molecular formula is C12H10N4O2S. The molecule has 19 heavy (non-hydrogen) atoms. The van der Waals surface area contributed by atoms with Crippen molar-refractivity contribution in [3.05, 3.63) is 50.3 Å². The number of nitrogens with one attached hydrogen (secondary N) is 1. The van der Waals surface area contributed by atoms with Crippen molar-refractivity contribution in [2.45, 2.75) is 6.42 Å². The van der Waals surface area contributed by atoms with Crippen LogP contribution in [0.3, 0.4) is 0 Å². The monoisotopic (exact) mass is 274 g/mol. The first-order valence-corrected chi connectivity index (χ1v) is 6.45. The Hall–Kier alpha value is -2.46. The Morgan fingerprint density at radius 1 is 1.53 bits per heavy atom. The lowest BCUT2D eigenvalue weighted by Crippen LogP contribution is -2.09. The van der Waals surface area contributed by atoms with Crippen LogP contribution in [0, 0.1) is 21.4 Å². The molecule has 2 rings (SSSR count). The van der Waals surface area contributed by atoms with Crippen LogP contribution < -0.4 is 5.32 Å². The molecule has 0 aromatic carbocycles. The summed E-state index contributed by atoms with van der Waals surface area (Å²) in [6, 6.07) is 5.14. The van der Waals surface area contributed by atoms with Crippen molar-refractivity contribution in [2.75, 3.05) is 11.9 Å². The van der Waals surface area contributed by atoms with Gasteiger partial charge < -0.3 is 5.32 Å². The normalized spacial score (nSPS) is 9.84. The first-order valence-electron chi connectivity index (χ1n) is 5.51. The van der Waals surface area contributed by atoms with Crippen molar-refractivity contribution >= 4 is 22.8 Å². The molecule has 1 N–H and O–H groups in total. The van der Waals surface area contributed by atoms with Gasteiger partial charge in [0.1, 0.15) is 11.6 Å². The van der Waals surface area contributed by atoms with Gasteiger partial charge >= 0.3 is 5.69 Å². The number of anilines is 1. The van der Waals surface area contributed by atoms with E-state index in [1.165, 1.54) is 12.3 Å². The minimum absolute atomic E-state index is 0.0121. The Morgan fingerprint density at radius 2 is 2.37 bits per heavy atom. The number of aromatic nitrogens is 1. The summed E-state index contributed by atoms with van der Waals surface area (Å²) in [5.41, 5.74) is 0.907. The Kier molecular flexibility index (Phi) is 4.05. The molecule has 0 aliphatic heterocycles. The van der Waals surface area contributed by atoms with Crippen LogP contribution in [0.5, 0.6) is 0 Å². The van der Waals surface area contributed by atoms with Crippen molar-refractivity contribution in [2.24, 2.45) is 0 Å². The fourth-order valence-corrected chi connectivity index (χ4v) is 2.32. The van der Waals surface area contributed by atoms with Crippen LogP contribution in [0.4, 0.5) is 11.5 Å². The molecule has 0 spiro atoms. The van der Waals surface area contributed by atoms with Crippen LogP contribution in [0.25, 0.3) is 0 Å². The largest absolute Gasteiger partial charge is 0.364 e. The zero-order chi connectivity index (χ0) is 13.7. The molecule has 0 aliphatic rings. The predicted octanol–water partition coefficient (Wildman–Crippen LogP) is 2.58. The van der Waals surface area contributed by atoms with E-state index in [0.717, 1.165) is 12.0 Å². The lowest BCUT2D eigenvalue weighted by Gasteiger charge is -2.05. The van der Waals surface area contributed by atoms with Crippen LogP contribution in [0.2, 0.25) is 0 Å². The number of thiophene rings is 1. The molecule has 0 radical (unpaired) electrons. The lowest BCUT2D eigenvalue weighted by molar-refractivity contribution is -0.384. The van der Waals surface area contributed by atoms with Gasteiger partial charge in [0.05, 0.1) is 4.92 Å². The van der Waals surface area contributed by atoms with Crippen LogP contribution in [0.15, 0.2) is 29.1 Å². The Bertz CT molecular complexity index is 619. The molecule has 0 fully saturated rings. The zero-order valence-corrected chi connectivity index (χ0v) is 10.7. The molecule has 7 heteroatoms. The summed E-state index contributed by atoms with van der Waals surface area (Å²) in [6.07, 6.45) is 2.14. The quantitative estimate of drug-likeness (QED) is 0.668. The standard InChI is InChI=1S/C12H10N4O2S/c13-7-10-2-5-15-12(11(10)16(17)18)14-4-1-9-3-6-19-8-9/h2-3,5-6,8H,1,4H2,(H,14,15). The van der Waals surface area contributed by atoms with Crippen LogP contribution in [-0.2, 0) is 6.42 Å². The summed E-state index contributed by atoms with van der Waals surface area (Å²) < 4.78 is 0. The van der Waals surface area contributed by atoms with E-state index in [4.69, 9.17) is 5.26 Å². The molecule has 2 heterocycles. The van der Waals surface area contributed by atoms with Crippen molar-refractivity contribution in [1.29, 1.82) is 5.26 Å². The fraction of sp³-hybridized carbons (Fsp3) is 0.167. The molecular weight excluding hydrogens is 264 g/mol. The highest BCUT2D eigenvalue weighted by Gasteiger charge is 2.20. The third kappa shape index (κ3) is 3.05. The van der Waals surface area contributed by atoms with Crippen molar-refractivity contribution < 1.29 is 4.92 Å². The number of pyridine rings is 1. The highest BCUT2D eigenvalue weighted by Crippen LogP contribution is 2.25. The van der Waals surface area contributed by atoms with Gasteiger partial charge in [-0.2, -0.15) is 16.6 Å². The molecule has 96 valence electrons. The smallest absolute Gasteiger partial charge is 0.328 e. The second-order valence-electron chi connectivity index (χ2n) is 3.73. The number of hydrogen-bond acceptors (Lipinski definition) is 6. The van der Waals surface area contributed by atoms with E-state index in [2.05, 4.69) is 10.3 Å². The van der Waals surface area contributed by atoms with E-state index in [1.54, 1.807) is 17.4 Å². The van der Waals surface area contributed by atoms with Gasteiger partial charge in [-0.1, -0.05) is 0 Å². The number of nitriles is 1. The average Bonchev–Trinajstić information content (AvgIpc) is 2.91. The molecule has 0 bridgehead atoms. The molecule has 0 saturated heterocycles. The number of hydrogen-bond donors (Lipinski definition) is 1. The van der Waals surface area contributed by atoms with E-state index in [9.17, 15) is 10.1 Å². The Morgan fingerprint density at radius 3 is 3.00 bits per heavy atom. The van der Waals surface area contributed by atoms with Crippen molar-refractivity contribution in [3.63, 3.8) is 0 Å². The van der Waals surface area contributed by atoms with Gasteiger partial charge in [-0.15, -0.1) is 0 Å². The van der Waals surface area contributed by atoms with Crippen LogP contribution >= 0.6 is 11.3 Å². The molecule has 0 saturated carbocycles. The summed E-state index contributed by atoms with van der Waals surface area (Å²) in [5.74, 6) is 0.138. The van der Waals surface area contributed by atoms with Gasteiger partial charge in [0.15, 0.2) is 0 Å². The highest BCUT2D eigenvalue weighted by atomic mass is 32.1. The van der Waals surface area contributed by atoms with Gasteiger partial charge in [-0.3, -0.25) is 10.1 Å². The molecule has 2 aromatic rings. The maximum atomic E-state index is 11.0. The van der Waals surface area contributed by atoms with E-state index >= 15 is 0 Å². The minimum atomic E-state index is -0.585. The van der Waals surface area contributed by atoms with Gasteiger partial charge in [0.2, 0.25) is 5.82 Å². The maximum absolute atomic E-state index is 11.0. The summed E-state index contributed by atoms with van der Waals surface area (Å²) in [6.45, 7) is 0.527. The van der Waals surface area contributed by atoms with Gasteiger partial charge in [0, 0.05) is 12.7 Å². The zero-order valence-electron chi connectivity index (χ0n) is 9.87. The van der Waals surface area contributed by atoms with Gasteiger partial charge in [-0.25, -0.2) is 4.98 Å². The van der Waals surface area contributed by atoms with E-state index in [0.29, 0.717) is 6.54 Å². The average molecular weight is 274 g/mol. The third-order valence-corrected chi connectivity index (χ3v) is 3.25. The molecule has 0 aliphatic carbocycles. The molecule has 2 aromatic heterocycles. The number of rotatable bonds is 5. The number of nitrogens with zero attached hydrogens (tertiary/aromatic N) is 3. The SMILES string of the molecule is N#Cc1ccnc(NCCc2ccsc2)c1[N+](=O)[O-]. The molecule has 0 unspecified atom stereocenters. The molecule has 6 nitrogen and oxygen atoms in total. The number of nitro groups is 1. The van der Waals surface area contributed by atoms with E-state index in [-0.39, 0.29) is 17.1 Å². The minimum Gasteiger partial charge on any atom is -0.364 e. The van der Waals surface area contributed by atoms with Crippen LogP contribution in [0.1, 0.15) is 11.1 Å². The predicted molar refractivity (Wildman–Crippen MR) is 72.1 cm³/mol. The first-order chi connectivity index (χ1) is 9.22. The third-order valence-electron chi connectivity index (χ3n) is 2.51. The van der Waals surface area contributed by atoms with Crippen molar-refractivity contribution in [1.82, 2.24) is 4.98 Å². The summed E-state index contributed by atoms with van der Waals surface area (Å²) in [7, 11) is 0. The lowest BCUT2D eigenvalue weighted by atomic mass is 10.2. The summed E-state index contributed by atoms with van der Waals surface area (Å²) >= 11 is 1.61. The Balaban J connectivity index is 2.12. The first kappa shape index (κ1) is 13.0. The van der Waals surface area contributed by atoms with E-state index < -0.39 is 4.92 Å². The molecule has 0 amide bonds. The van der Waals surface area contributed by atoms with Crippen molar-refractivity contribution in [3.8, 4) is 6.07 Å². The topological polar surface area (TPSA) is 91.8 Å². The van der Waals surface area contributed by atoms with Crippen LogP contribution in [-0.4, -0.2) is 16.5 Å².